The number of amides is 1. The lowest BCUT2D eigenvalue weighted by atomic mass is 9.87. The minimum atomic E-state index is -3.37. The van der Waals surface area contributed by atoms with Gasteiger partial charge in [0.1, 0.15) is 11.4 Å². The summed E-state index contributed by atoms with van der Waals surface area (Å²) < 4.78 is 34.3. The Morgan fingerprint density at radius 3 is 2.44 bits per heavy atom. The van der Waals surface area contributed by atoms with E-state index < -0.39 is 15.3 Å². The van der Waals surface area contributed by atoms with Gasteiger partial charge in [-0.15, -0.1) is 0 Å². The molecule has 0 aliphatic carbocycles. The molecule has 0 aliphatic heterocycles. The number of hydrogen-bond acceptors (Lipinski definition) is 7. The summed E-state index contributed by atoms with van der Waals surface area (Å²) in [5.74, 6) is 0.461. The molecular weight excluding hydrogens is 370 g/mol. The second kappa shape index (κ2) is 7.51. The van der Waals surface area contributed by atoms with Crippen molar-refractivity contribution in [2.45, 2.75) is 24.2 Å². The lowest BCUT2D eigenvalue weighted by Crippen LogP contribution is -2.40. The molecule has 0 fully saturated rings. The fraction of sp³-hybridized carbons (Fsp3) is 0.389. The predicted molar refractivity (Wildman–Crippen MR) is 99.9 cm³/mol. The van der Waals surface area contributed by atoms with Crippen molar-refractivity contribution < 1.29 is 22.7 Å². The Bertz CT molecular complexity index is 955. The second-order valence-corrected chi connectivity index (χ2v) is 8.76. The SMILES string of the molecule is COc1cnc(Oc2cccc(S(C)(=O)=O)c2)nc1C(C)(C)C(=O)N(C)C. The van der Waals surface area contributed by atoms with Gasteiger partial charge in [-0.3, -0.25) is 4.79 Å². The molecule has 0 N–H and O–H groups in total. The third-order valence-electron chi connectivity index (χ3n) is 3.93. The van der Waals surface area contributed by atoms with Gasteiger partial charge in [0.05, 0.1) is 23.6 Å². The van der Waals surface area contributed by atoms with Crippen LogP contribution in [0.4, 0.5) is 0 Å². The van der Waals surface area contributed by atoms with Gasteiger partial charge in [0.2, 0.25) is 5.91 Å². The maximum Gasteiger partial charge on any atom is 0.322 e. The zero-order chi connectivity index (χ0) is 20.4. The van der Waals surface area contributed by atoms with Crippen molar-refractivity contribution >= 4 is 15.7 Å². The molecule has 0 aliphatic rings. The first-order valence-corrected chi connectivity index (χ1v) is 9.97. The average molecular weight is 393 g/mol. The van der Waals surface area contributed by atoms with Gasteiger partial charge in [-0.2, -0.15) is 9.97 Å². The van der Waals surface area contributed by atoms with Crippen LogP contribution in [-0.4, -0.2) is 56.7 Å². The summed E-state index contributed by atoms with van der Waals surface area (Å²) in [6.45, 7) is 3.46. The molecule has 1 aromatic carbocycles. The molecular formula is C18H23N3O5S. The number of carbonyl (C=O) groups is 1. The first kappa shape index (κ1) is 20.6. The lowest BCUT2D eigenvalue weighted by molar-refractivity contribution is -0.133. The van der Waals surface area contributed by atoms with Crippen LogP contribution in [0.3, 0.4) is 0 Å². The minimum absolute atomic E-state index is 0.0175. The van der Waals surface area contributed by atoms with Crippen molar-refractivity contribution in [3.05, 3.63) is 36.2 Å². The molecule has 146 valence electrons. The van der Waals surface area contributed by atoms with Crippen LogP contribution in [0.1, 0.15) is 19.5 Å². The predicted octanol–water partition coefficient (Wildman–Crippen LogP) is 2.05. The highest BCUT2D eigenvalue weighted by atomic mass is 32.2. The number of hydrogen-bond donors (Lipinski definition) is 0. The fourth-order valence-corrected chi connectivity index (χ4v) is 3.19. The smallest absolute Gasteiger partial charge is 0.322 e. The first-order valence-electron chi connectivity index (χ1n) is 8.08. The second-order valence-electron chi connectivity index (χ2n) is 6.74. The van der Waals surface area contributed by atoms with E-state index in [9.17, 15) is 13.2 Å². The van der Waals surface area contributed by atoms with Gasteiger partial charge < -0.3 is 14.4 Å². The van der Waals surface area contributed by atoms with Crippen LogP contribution in [0.5, 0.6) is 17.5 Å². The van der Waals surface area contributed by atoms with Gasteiger partial charge in [0.15, 0.2) is 15.6 Å². The highest BCUT2D eigenvalue weighted by molar-refractivity contribution is 7.90. The zero-order valence-corrected chi connectivity index (χ0v) is 17.0. The monoisotopic (exact) mass is 393 g/mol. The fourth-order valence-electron chi connectivity index (χ4n) is 2.53. The first-order chi connectivity index (χ1) is 12.5. The van der Waals surface area contributed by atoms with E-state index in [1.807, 2.05) is 0 Å². The molecule has 0 saturated heterocycles. The van der Waals surface area contributed by atoms with Crippen molar-refractivity contribution in [3.8, 4) is 17.5 Å². The number of ether oxygens (including phenoxy) is 2. The average Bonchev–Trinajstić information content (AvgIpc) is 2.60. The molecule has 1 heterocycles. The number of aromatic nitrogens is 2. The molecule has 0 atom stereocenters. The number of likely N-dealkylation sites (N-methyl/N-ethyl adjacent to an activating group) is 1. The minimum Gasteiger partial charge on any atom is -0.493 e. The third kappa shape index (κ3) is 4.54. The highest BCUT2D eigenvalue weighted by Crippen LogP contribution is 2.33. The van der Waals surface area contributed by atoms with Gasteiger partial charge in [-0.1, -0.05) is 6.07 Å². The molecule has 2 aromatic rings. The van der Waals surface area contributed by atoms with E-state index in [0.717, 1.165) is 6.26 Å². The van der Waals surface area contributed by atoms with Gasteiger partial charge in [-0.05, 0) is 32.0 Å². The van der Waals surface area contributed by atoms with E-state index in [1.165, 1.54) is 30.3 Å². The van der Waals surface area contributed by atoms with E-state index in [0.29, 0.717) is 11.4 Å². The van der Waals surface area contributed by atoms with Gasteiger partial charge in [0, 0.05) is 20.4 Å². The molecule has 2 rings (SSSR count). The van der Waals surface area contributed by atoms with E-state index in [1.54, 1.807) is 40.1 Å². The molecule has 1 amide bonds. The van der Waals surface area contributed by atoms with E-state index in [-0.39, 0.29) is 22.6 Å². The quantitative estimate of drug-likeness (QED) is 0.740. The van der Waals surface area contributed by atoms with Crippen LogP contribution in [0.2, 0.25) is 0 Å². The van der Waals surface area contributed by atoms with Gasteiger partial charge >= 0.3 is 6.01 Å². The number of benzene rings is 1. The molecule has 8 nitrogen and oxygen atoms in total. The normalized spacial score (nSPS) is 11.8. The van der Waals surface area contributed by atoms with E-state index in [4.69, 9.17) is 9.47 Å². The van der Waals surface area contributed by atoms with Crippen molar-refractivity contribution in [2.75, 3.05) is 27.5 Å². The zero-order valence-electron chi connectivity index (χ0n) is 16.2. The summed E-state index contributed by atoms with van der Waals surface area (Å²) in [4.78, 5) is 22.6. The Balaban J connectivity index is 2.45. The Morgan fingerprint density at radius 2 is 1.89 bits per heavy atom. The van der Waals surface area contributed by atoms with E-state index >= 15 is 0 Å². The van der Waals surface area contributed by atoms with Crippen molar-refractivity contribution in [2.24, 2.45) is 0 Å². The van der Waals surface area contributed by atoms with Crippen LogP contribution < -0.4 is 9.47 Å². The van der Waals surface area contributed by atoms with Crippen LogP contribution in [0, 0.1) is 0 Å². The van der Waals surface area contributed by atoms with Crippen molar-refractivity contribution in [1.82, 2.24) is 14.9 Å². The summed E-state index contributed by atoms with van der Waals surface area (Å²) >= 11 is 0. The molecule has 9 heteroatoms. The molecule has 0 unspecified atom stereocenters. The molecule has 0 spiro atoms. The molecule has 27 heavy (non-hydrogen) atoms. The maximum atomic E-state index is 12.6. The Morgan fingerprint density at radius 1 is 1.22 bits per heavy atom. The Labute approximate surface area is 159 Å². The summed E-state index contributed by atoms with van der Waals surface area (Å²) in [7, 11) is 1.41. The van der Waals surface area contributed by atoms with Crippen LogP contribution in [0.25, 0.3) is 0 Å². The molecule has 0 radical (unpaired) electrons. The molecule has 0 bridgehead atoms. The highest BCUT2D eigenvalue weighted by Gasteiger charge is 2.36. The number of nitrogens with zero attached hydrogens (tertiary/aromatic N) is 3. The number of methoxy groups -OCH3 is 1. The van der Waals surface area contributed by atoms with Crippen LogP contribution >= 0.6 is 0 Å². The number of sulfone groups is 1. The summed E-state index contributed by atoms with van der Waals surface area (Å²) in [5, 5.41) is 0. The molecule has 0 saturated carbocycles. The summed E-state index contributed by atoms with van der Waals surface area (Å²) in [6.07, 6.45) is 2.53. The van der Waals surface area contributed by atoms with E-state index in [2.05, 4.69) is 9.97 Å². The standard InChI is InChI=1S/C18H23N3O5S/c1-18(2,16(22)21(3)4)15-14(25-5)11-19-17(20-15)26-12-8-7-9-13(10-12)27(6,23)24/h7-11H,1-6H3. The maximum absolute atomic E-state index is 12.6. The largest absolute Gasteiger partial charge is 0.493 e. The van der Waals surface area contributed by atoms with Crippen molar-refractivity contribution in [1.29, 1.82) is 0 Å². The summed E-state index contributed by atoms with van der Waals surface area (Å²) in [6, 6.07) is 6.00. The van der Waals surface area contributed by atoms with Gasteiger partial charge in [0.25, 0.3) is 0 Å². The van der Waals surface area contributed by atoms with Gasteiger partial charge in [-0.25, -0.2) is 8.42 Å². The molecule has 1 aromatic heterocycles. The third-order valence-corrected chi connectivity index (χ3v) is 5.04. The number of rotatable bonds is 6. The lowest BCUT2D eigenvalue weighted by Gasteiger charge is -2.27. The topological polar surface area (TPSA) is 98.7 Å². The summed E-state index contributed by atoms with van der Waals surface area (Å²) in [5.41, 5.74) is -0.613. The van der Waals surface area contributed by atoms with Crippen LogP contribution in [-0.2, 0) is 20.0 Å². The Hall–Kier alpha value is -2.68. The van der Waals surface area contributed by atoms with Crippen molar-refractivity contribution in [3.63, 3.8) is 0 Å². The van der Waals surface area contributed by atoms with Crippen LogP contribution in [0.15, 0.2) is 35.4 Å². The number of carbonyl (C=O) groups excluding carboxylic acids is 1. The Kier molecular flexibility index (Phi) is 5.74.